The van der Waals surface area contributed by atoms with E-state index in [0.29, 0.717) is 0 Å². The van der Waals surface area contributed by atoms with Crippen molar-refractivity contribution < 1.29 is 0 Å². The normalized spacial score (nSPS) is 17.6. The van der Waals surface area contributed by atoms with Crippen molar-refractivity contribution in [1.29, 1.82) is 0 Å². The number of hydrogen-bond donors (Lipinski definition) is 1. The molecule has 5 nitrogen and oxygen atoms in total. The van der Waals surface area contributed by atoms with Gasteiger partial charge < -0.3 is 0 Å². The number of nitrogens with one attached hydrogen (secondary N) is 1. The zero-order valence-corrected chi connectivity index (χ0v) is 12.8. The maximum absolute atomic E-state index is 12.9. The van der Waals surface area contributed by atoms with Gasteiger partial charge in [-0.1, -0.05) is 6.07 Å². The average Bonchev–Trinajstić information content (AvgIpc) is 2.95. The number of aromatic amines is 1. The van der Waals surface area contributed by atoms with Crippen molar-refractivity contribution in [3.8, 4) is 0 Å². The fourth-order valence-electron chi connectivity index (χ4n) is 3.49. The minimum Gasteiger partial charge on any atom is -0.295 e. The molecule has 2 heterocycles. The van der Waals surface area contributed by atoms with E-state index in [0.717, 1.165) is 47.0 Å². The van der Waals surface area contributed by atoms with Gasteiger partial charge in [-0.05, 0) is 49.4 Å². The molecule has 1 aliphatic rings. The molecular formula is C17H18N4O. The van der Waals surface area contributed by atoms with E-state index in [1.54, 1.807) is 10.9 Å². The van der Waals surface area contributed by atoms with Crippen LogP contribution in [0.4, 0.5) is 0 Å². The van der Waals surface area contributed by atoms with Crippen LogP contribution in [0.15, 0.2) is 29.5 Å². The smallest absolute Gasteiger partial charge is 0.261 e. The Morgan fingerprint density at radius 1 is 1.32 bits per heavy atom. The van der Waals surface area contributed by atoms with Crippen LogP contribution < -0.4 is 5.56 Å². The first-order valence-corrected chi connectivity index (χ1v) is 7.62. The SMILES string of the molecule is Cc1cc(C)c2ncn(C3CCc4cn[nH]c4C3)c(=O)c2c1. The van der Waals surface area contributed by atoms with E-state index in [-0.39, 0.29) is 11.6 Å². The summed E-state index contributed by atoms with van der Waals surface area (Å²) in [6.07, 6.45) is 6.31. The van der Waals surface area contributed by atoms with Gasteiger partial charge >= 0.3 is 0 Å². The lowest BCUT2D eigenvalue weighted by atomic mass is 9.93. The molecule has 0 aliphatic heterocycles. The summed E-state index contributed by atoms with van der Waals surface area (Å²) in [5.41, 5.74) is 5.43. The predicted molar refractivity (Wildman–Crippen MR) is 85.1 cm³/mol. The summed E-state index contributed by atoms with van der Waals surface area (Å²) in [4.78, 5) is 17.4. The highest BCUT2D eigenvalue weighted by Crippen LogP contribution is 2.27. The van der Waals surface area contributed by atoms with E-state index >= 15 is 0 Å². The predicted octanol–water partition coefficient (Wildman–Crippen LogP) is 2.47. The van der Waals surface area contributed by atoms with E-state index in [9.17, 15) is 4.79 Å². The van der Waals surface area contributed by atoms with Gasteiger partial charge in [0, 0.05) is 18.2 Å². The van der Waals surface area contributed by atoms with Gasteiger partial charge in [0.2, 0.25) is 0 Å². The molecule has 1 unspecified atom stereocenters. The Morgan fingerprint density at radius 2 is 2.18 bits per heavy atom. The fraction of sp³-hybridized carbons (Fsp3) is 0.353. The van der Waals surface area contributed by atoms with Gasteiger partial charge in [0.15, 0.2) is 0 Å². The first kappa shape index (κ1) is 13.2. The molecule has 1 N–H and O–H groups in total. The molecule has 0 fully saturated rings. The molecule has 1 aromatic carbocycles. The molecule has 3 aromatic rings. The third-order valence-electron chi connectivity index (χ3n) is 4.61. The van der Waals surface area contributed by atoms with Crippen LogP contribution in [0.25, 0.3) is 10.9 Å². The number of fused-ring (bicyclic) bond motifs is 2. The molecule has 5 heteroatoms. The Balaban J connectivity index is 1.83. The first-order valence-electron chi connectivity index (χ1n) is 7.62. The molecule has 1 aliphatic carbocycles. The standard InChI is InChI=1S/C17H18N4O/c1-10-5-11(2)16-14(6-10)17(22)21(9-18-16)13-4-3-12-8-19-20-15(12)7-13/h5-6,8-9,13H,3-4,7H2,1-2H3,(H,19,20). The Labute approximate surface area is 128 Å². The minimum absolute atomic E-state index is 0.0600. The van der Waals surface area contributed by atoms with Crippen molar-refractivity contribution in [2.75, 3.05) is 0 Å². The van der Waals surface area contributed by atoms with Crippen LogP contribution in [0.3, 0.4) is 0 Å². The van der Waals surface area contributed by atoms with Crippen molar-refractivity contribution in [2.45, 2.75) is 39.2 Å². The van der Waals surface area contributed by atoms with E-state index in [4.69, 9.17) is 0 Å². The molecule has 1 atom stereocenters. The van der Waals surface area contributed by atoms with Crippen molar-refractivity contribution in [3.05, 3.63) is 57.4 Å². The van der Waals surface area contributed by atoms with Crippen LogP contribution in [-0.2, 0) is 12.8 Å². The molecule has 0 spiro atoms. The van der Waals surface area contributed by atoms with Crippen LogP contribution in [0.1, 0.15) is 34.8 Å². The second-order valence-corrected chi connectivity index (χ2v) is 6.21. The highest BCUT2D eigenvalue weighted by Gasteiger charge is 2.23. The molecule has 0 saturated heterocycles. The largest absolute Gasteiger partial charge is 0.295 e. The number of aryl methyl sites for hydroxylation is 3. The molecule has 0 amide bonds. The van der Waals surface area contributed by atoms with Gasteiger partial charge in [0.05, 0.1) is 23.4 Å². The monoisotopic (exact) mass is 294 g/mol. The van der Waals surface area contributed by atoms with Crippen LogP contribution in [0.5, 0.6) is 0 Å². The van der Waals surface area contributed by atoms with Crippen LogP contribution >= 0.6 is 0 Å². The molecule has 0 bridgehead atoms. The maximum Gasteiger partial charge on any atom is 0.261 e. The molecule has 4 rings (SSSR count). The highest BCUT2D eigenvalue weighted by atomic mass is 16.1. The zero-order chi connectivity index (χ0) is 15.3. The third kappa shape index (κ3) is 1.96. The fourth-order valence-corrected chi connectivity index (χ4v) is 3.49. The highest BCUT2D eigenvalue weighted by molar-refractivity contribution is 5.81. The number of H-pyrrole nitrogens is 1. The molecule has 22 heavy (non-hydrogen) atoms. The summed E-state index contributed by atoms with van der Waals surface area (Å²) in [7, 11) is 0. The second kappa shape index (κ2) is 4.80. The van der Waals surface area contributed by atoms with Gasteiger partial charge in [0.25, 0.3) is 5.56 Å². The van der Waals surface area contributed by atoms with Crippen LogP contribution in [-0.4, -0.2) is 19.7 Å². The summed E-state index contributed by atoms with van der Waals surface area (Å²) in [5.74, 6) is 0. The van der Waals surface area contributed by atoms with E-state index in [1.807, 2.05) is 26.1 Å². The Morgan fingerprint density at radius 3 is 3.05 bits per heavy atom. The summed E-state index contributed by atoms with van der Waals surface area (Å²) in [6.45, 7) is 4.02. The number of benzene rings is 1. The molecule has 0 radical (unpaired) electrons. The van der Waals surface area contributed by atoms with Crippen LogP contribution in [0.2, 0.25) is 0 Å². The summed E-state index contributed by atoms with van der Waals surface area (Å²) in [6, 6.07) is 4.16. The van der Waals surface area contributed by atoms with E-state index < -0.39 is 0 Å². The summed E-state index contributed by atoms with van der Waals surface area (Å²) in [5, 5.41) is 7.86. The van der Waals surface area contributed by atoms with Crippen molar-refractivity contribution in [1.82, 2.24) is 19.7 Å². The zero-order valence-electron chi connectivity index (χ0n) is 12.8. The Hall–Kier alpha value is -2.43. The van der Waals surface area contributed by atoms with Crippen molar-refractivity contribution in [3.63, 3.8) is 0 Å². The van der Waals surface area contributed by atoms with Crippen molar-refractivity contribution >= 4 is 10.9 Å². The average molecular weight is 294 g/mol. The maximum atomic E-state index is 12.9. The molecule has 112 valence electrons. The number of aromatic nitrogens is 4. The minimum atomic E-state index is 0.0600. The van der Waals surface area contributed by atoms with Gasteiger partial charge in [-0.2, -0.15) is 5.10 Å². The topological polar surface area (TPSA) is 63.6 Å². The summed E-state index contributed by atoms with van der Waals surface area (Å²) >= 11 is 0. The summed E-state index contributed by atoms with van der Waals surface area (Å²) < 4.78 is 1.80. The number of rotatable bonds is 1. The van der Waals surface area contributed by atoms with Crippen LogP contribution in [0, 0.1) is 13.8 Å². The number of hydrogen-bond acceptors (Lipinski definition) is 3. The van der Waals surface area contributed by atoms with E-state index in [2.05, 4.69) is 21.2 Å². The molecule has 2 aromatic heterocycles. The Kier molecular flexibility index (Phi) is 2.89. The third-order valence-corrected chi connectivity index (χ3v) is 4.61. The molecular weight excluding hydrogens is 276 g/mol. The van der Waals surface area contributed by atoms with E-state index in [1.165, 1.54) is 5.56 Å². The first-order chi connectivity index (χ1) is 10.6. The van der Waals surface area contributed by atoms with Gasteiger partial charge in [-0.3, -0.25) is 14.5 Å². The Bertz CT molecular complexity index is 922. The quantitative estimate of drug-likeness (QED) is 0.750. The lowest BCUT2D eigenvalue weighted by Crippen LogP contribution is -2.29. The lowest BCUT2D eigenvalue weighted by molar-refractivity contribution is 0.425. The molecule has 0 saturated carbocycles. The van der Waals surface area contributed by atoms with Crippen molar-refractivity contribution in [2.24, 2.45) is 0 Å². The number of nitrogens with zero attached hydrogens (tertiary/aromatic N) is 3. The van der Waals surface area contributed by atoms with Gasteiger partial charge in [-0.25, -0.2) is 4.98 Å². The second-order valence-electron chi connectivity index (χ2n) is 6.21. The van der Waals surface area contributed by atoms with Gasteiger partial charge in [0.1, 0.15) is 0 Å². The lowest BCUT2D eigenvalue weighted by Gasteiger charge is -2.23. The van der Waals surface area contributed by atoms with Gasteiger partial charge in [-0.15, -0.1) is 0 Å².